The van der Waals surface area contributed by atoms with Gasteiger partial charge in [0.25, 0.3) is 0 Å². The van der Waals surface area contributed by atoms with Gasteiger partial charge in [-0.05, 0) is 37.8 Å². The van der Waals surface area contributed by atoms with Crippen molar-refractivity contribution < 1.29 is 9.53 Å². The topological polar surface area (TPSA) is 67.0 Å². The lowest BCUT2D eigenvalue weighted by Crippen LogP contribution is -2.39. The average Bonchev–Trinajstić information content (AvgIpc) is 2.96. The smallest absolute Gasteiger partial charge is 0.220 e. The Bertz CT molecular complexity index is 597. The van der Waals surface area contributed by atoms with E-state index in [1.54, 1.807) is 7.11 Å². The van der Waals surface area contributed by atoms with Crippen LogP contribution in [0.4, 0.5) is 0 Å². The maximum Gasteiger partial charge on any atom is 0.220 e. The van der Waals surface area contributed by atoms with Gasteiger partial charge in [0.2, 0.25) is 5.91 Å². The van der Waals surface area contributed by atoms with Crippen molar-refractivity contribution in [3.05, 3.63) is 30.1 Å². The monoisotopic (exact) mass is 301 g/mol. The van der Waals surface area contributed by atoms with Crippen molar-refractivity contribution in [2.24, 2.45) is 0 Å². The highest BCUT2D eigenvalue weighted by molar-refractivity contribution is 5.77. The van der Waals surface area contributed by atoms with Crippen LogP contribution in [0.2, 0.25) is 0 Å². The number of carbonyl (C=O) groups is 1. The van der Waals surface area contributed by atoms with Crippen molar-refractivity contribution in [1.29, 1.82) is 0 Å². The molecular formula is C17H23N3O2. The first-order valence-corrected chi connectivity index (χ1v) is 8.00. The Labute approximate surface area is 130 Å². The van der Waals surface area contributed by atoms with Gasteiger partial charge >= 0.3 is 0 Å². The van der Waals surface area contributed by atoms with Crippen LogP contribution in [0.3, 0.4) is 0 Å². The van der Waals surface area contributed by atoms with E-state index in [1.807, 2.05) is 24.3 Å². The summed E-state index contributed by atoms with van der Waals surface area (Å²) in [5.41, 5.74) is 1.98. The molecule has 3 rings (SSSR count). The molecule has 1 amide bonds. The fraction of sp³-hybridized carbons (Fsp3) is 0.529. The van der Waals surface area contributed by atoms with Crippen molar-refractivity contribution in [3.63, 3.8) is 0 Å². The molecule has 1 aliphatic rings. The van der Waals surface area contributed by atoms with Gasteiger partial charge in [-0.1, -0.05) is 12.1 Å². The molecule has 2 aromatic rings. The number of imidazole rings is 1. The summed E-state index contributed by atoms with van der Waals surface area (Å²) in [6.45, 7) is 0. The Kier molecular flexibility index (Phi) is 4.73. The van der Waals surface area contributed by atoms with Gasteiger partial charge in [-0.25, -0.2) is 4.98 Å². The van der Waals surface area contributed by atoms with E-state index in [0.29, 0.717) is 25.0 Å². The number of H-pyrrole nitrogens is 1. The van der Waals surface area contributed by atoms with Gasteiger partial charge in [0.1, 0.15) is 5.82 Å². The van der Waals surface area contributed by atoms with Gasteiger partial charge in [0.15, 0.2) is 0 Å². The summed E-state index contributed by atoms with van der Waals surface area (Å²) >= 11 is 0. The van der Waals surface area contributed by atoms with Gasteiger partial charge in [0.05, 0.1) is 17.1 Å². The first-order valence-electron chi connectivity index (χ1n) is 8.00. The number of aromatic amines is 1. The number of amides is 1. The summed E-state index contributed by atoms with van der Waals surface area (Å²) in [7, 11) is 1.76. The maximum atomic E-state index is 12.1. The van der Waals surface area contributed by atoms with E-state index in [-0.39, 0.29) is 5.91 Å². The summed E-state index contributed by atoms with van der Waals surface area (Å²) < 4.78 is 5.35. The molecule has 1 aliphatic carbocycles. The highest BCUT2D eigenvalue weighted by atomic mass is 16.5. The predicted octanol–water partition coefficient (Wildman–Crippen LogP) is 2.57. The Morgan fingerprint density at radius 1 is 1.32 bits per heavy atom. The zero-order chi connectivity index (χ0) is 15.4. The number of rotatable bonds is 5. The SMILES string of the molecule is COC1CCC(NC(=O)CCc2nc3ccccc3[nH]2)CC1. The molecule has 2 N–H and O–H groups in total. The van der Waals surface area contributed by atoms with Crippen LogP contribution >= 0.6 is 0 Å². The third kappa shape index (κ3) is 3.65. The Morgan fingerprint density at radius 2 is 2.09 bits per heavy atom. The number of carbonyl (C=O) groups excluding carboxylic acids is 1. The summed E-state index contributed by atoms with van der Waals surface area (Å²) in [5.74, 6) is 0.987. The molecule has 0 saturated heterocycles. The van der Waals surface area contributed by atoms with Crippen LogP contribution in [-0.2, 0) is 16.0 Å². The minimum Gasteiger partial charge on any atom is -0.381 e. The fourth-order valence-electron chi connectivity index (χ4n) is 3.10. The second-order valence-electron chi connectivity index (χ2n) is 5.98. The molecule has 5 nitrogen and oxygen atoms in total. The van der Waals surface area contributed by atoms with E-state index in [2.05, 4.69) is 15.3 Å². The number of hydrogen-bond donors (Lipinski definition) is 2. The van der Waals surface area contributed by atoms with E-state index in [0.717, 1.165) is 42.5 Å². The number of hydrogen-bond acceptors (Lipinski definition) is 3. The first-order chi connectivity index (χ1) is 10.7. The van der Waals surface area contributed by atoms with Crippen molar-refractivity contribution >= 4 is 16.9 Å². The molecule has 1 saturated carbocycles. The second-order valence-corrected chi connectivity index (χ2v) is 5.98. The number of benzene rings is 1. The fourth-order valence-corrected chi connectivity index (χ4v) is 3.10. The van der Waals surface area contributed by atoms with Gasteiger partial charge in [-0.3, -0.25) is 4.79 Å². The van der Waals surface area contributed by atoms with Crippen molar-refractivity contribution in [1.82, 2.24) is 15.3 Å². The number of methoxy groups -OCH3 is 1. The third-order valence-electron chi connectivity index (χ3n) is 4.40. The molecule has 1 fully saturated rings. The quantitative estimate of drug-likeness (QED) is 0.892. The number of aromatic nitrogens is 2. The first kappa shape index (κ1) is 15.0. The molecule has 0 unspecified atom stereocenters. The second kappa shape index (κ2) is 6.92. The summed E-state index contributed by atoms with van der Waals surface area (Å²) in [6, 6.07) is 8.22. The lowest BCUT2D eigenvalue weighted by molar-refractivity contribution is -0.122. The summed E-state index contributed by atoms with van der Waals surface area (Å²) in [6.07, 6.45) is 5.57. The third-order valence-corrected chi connectivity index (χ3v) is 4.40. The molecule has 0 spiro atoms. The lowest BCUT2D eigenvalue weighted by atomic mass is 9.93. The van der Waals surface area contributed by atoms with E-state index >= 15 is 0 Å². The molecule has 0 bridgehead atoms. The minimum absolute atomic E-state index is 0.112. The molecule has 1 aromatic carbocycles. The van der Waals surface area contributed by atoms with Crippen LogP contribution in [0.15, 0.2) is 24.3 Å². The van der Waals surface area contributed by atoms with Gasteiger partial charge < -0.3 is 15.0 Å². The van der Waals surface area contributed by atoms with Crippen molar-refractivity contribution in [2.45, 2.75) is 50.7 Å². The van der Waals surface area contributed by atoms with E-state index < -0.39 is 0 Å². The average molecular weight is 301 g/mol. The van der Waals surface area contributed by atoms with Gasteiger partial charge in [-0.2, -0.15) is 0 Å². The Balaban J connectivity index is 1.46. The Hall–Kier alpha value is -1.88. The molecule has 0 atom stereocenters. The summed E-state index contributed by atoms with van der Waals surface area (Å²) in [4.78, 5) is 19.8. The minimum atomic E-state index is 0.112. The molecule has 5 heteroatoms. The number of para-hydroxylation sites is 2. The molecule has 22 heavy (non-hydrogen) atoms. The molecule has 0 radical (unpaired) electrons. The van der Waals surface area contributed by atoms with E-state index in [1.165, 1.54) is 0 Å². The normalized spacial score (nSPS) is 21.9. The van der Waals surface area contributed by atoms with Crippen LogP contribution in [0.5, 0.6) is 0 Å². The maximum absolute atomic E-state index is 12.1. The van der Waals surface area contributed by atoms with E-state index in [9.17, 15) is 4.79 Å². The zero-order valence-electron chi connectivity index (χ0n) is 13.0. The highest BCUT2D eigenvalue weighted by Gasteiger charge is 2.21. The van der Waals surface area contributed by atoms with Crippen LogP contribution < -0.4 is 5.32 Å². The standard InChI is InChI=1S/C17H23N3O2/c1-22-13-8-6-12(7-9-13)18-17(21)11-10-16-19-14-4-2-3-5-15(14)20-16/h2-5,12-13H,6-11H2,1H3,(H,18,21)(H,19,20). The predicted molar refractivity (Wildman–Crippen MR) is 85.6 cm³/mol. The molecule has 0 aliphatic heterocycles. The Morgan fingerprint density at radius 3 is 2.82 bits per heavy atom. The van der Waals surface area contributed by atoms with Crippen molar-refractivity contribution in [2.75, 3.05) is 7.11 Å². The van der Waals surface area contributed by atoms with Gasteiger partial charge in [0, 0.05) is 26.0 Å². The van der Waals surface area contributed by atoms with Crippen molar-refractivity contribution in [3.8, 4) is 0 Å². The van der Waals surface area contributed by atoms with Crippen LogP contribution in [0.1, 0.15) is 37.9 Å². The number of fused-ring (bicyclic) bond motifs is 1. The number of aryl methyl sites for hydroxylation is 1. The van der Waals surface area contributed by atoms with Gasteiger partial charge in [-0.15, -0.1) is 0 Å². The number of nitrogens with one attached hydrogen (secondary N) is 2. The number of nitrogens with zero attached hydrogens (tertiary/aromatic N) is 1. The van der Waals surface area contributed by atoms with Crippen LogP contribution in [0.25, 0.3) is 11.0 Å². The largest absolute Gasteiger partial charge is 0.381 e. The molecule has 118 valence electrons. The number of ether oxygens (including phenoxy) is 1. The highest BCUT2D eigenvalue weighted by Crippen LogP contribution is 2.20. The van der Waals surface area contributed by atoms with E-state index in [4.69, 9.17) is 4.74 Å². The van der Waals surface area contributed by atoms with Crippen LogP contribution in [-0.4, -0.2) is 35.1 Å². The molecule has 1 aromatic heterocycles. The lowest BCUT2D eigenvalue weighted by Gasteiger charge is -2.28. The zero-order valence-corrected chi connectivity index (χ0v) is 13.0. The van der Waals surface area contributed by atoms with Crippen LogP contribution in [0, 0.1) is 0 Å². The summed E-state index contributed by atoms with van der Waals surface area (Å²) in [5, 5.41) is 3.13. The molecular weight excluding hydrogens is 278 g/mol. The molecule has 1 heterocycles.